The van der Waals surface area contributed by atoms with Gasteiger partial charge in [-0.1, -0.05) is 42.5 Å². The van der Waals surface area contributed by atoms with Crippen molar-refractivity contribution in [2.45, 2.75) is 6.04 Å². The molecule has 3 heteroatoms. The van der Waals surface area contributed by atoms with Gasteiger partial charge in [-0.15, -0.1) is 0 Å². The van der Waals surface area contributed by atoms with Crippen LogP contribution in [0.2, 0.25) is 0 Å². The summed E-state index contributed by atoms with van der Waals surface area (Å²) in [5.74, 6) is 0.116. The lowest BCUT2D eigenvalue weighted by Gasteiger charge is -2.17. The van der Waals surface area contributed by atoms with E-state index < -0.39 is 6.04 Å². The van der Waals surface area contributed by atoms with E-state index in [1.54, 1.807) is 12.1 Å². The zero-order chi connectivity index (χ0) is 14.8. The summed E-state index contributed by atoms with van der Waals surface area (Å²) >= 11 is 0. The molecule has 0 radical (unpaired) electrons. The van der Waals surface area contributed by atoms with Gasteiger partial charge in [0.1, 0.15) is 11.6 Å². The molecule has 0 aliphatic rings. The van der Waals surface area contributed by atoms with Gasteiger partial charge in [-0.2, -0.15) is 0 Å². The summed E-state index contributed by atoms with van der Waals surface area (Å²) in [5.41, 5.74) is 7.51. The van der Waals surface area contributed by atoms with Crippen LogP contribution in [0, 0.1) is 5.82 Å². The van der Waals surface area contributed by atoms with E-state index in [-0.39, 0.29) is 5.82 Å². The zero-order valence-corrected chi connectivity index (χ0v) is 11.7. The fourth-order valence-corrected chi connectivity index (χ4v) is 2.56. The quantitative estimate of drug-likeness (QED) is 0.786. The summed E-state index contributed by atoms with van der Waals surface area (Å²) in [6.45, 7) is 0. The third-order valence-electron chi connectivity index (χ3n) is 3.68. The molecule has 0 bridgehead atoms. The molecule has 0 saturated carbocycles. The fourth-order valence-electron chi connectivity index (χ4n) is 2.56. The molecule has 21 heavy (non-hydrogen) atoms. The first-order valence-corrected chi connectivity index (χ1v) is 6.77. The van der Waals surface area contributed by atoms with Crippen LogP contribution < -0.4 is 10.5 Å². The largest absolute Gasteiger partial charge is 0.496 e. The molecule has 0 amide bonds. The van der Waals surface area contributed by atoms with Gasteiger partial charge in [-0.3, -0.25) is 0 Å². The number of nitrogens with two attached hydrogens (primary N) is 1. The summed E-state index contributed by atoms with van der Waals surface area (Å²) < 4.78 is 19.4. The Morgan fingerprint density at radius 3 is 2.48 bits per heavy atom. The highest BCUT2D eigenvalue weighted by Crippen LogP contribution is 2.31. The number of halogens is 1. The molecule has 1 unspecified atom stereocenters. The molecule has 106 valence electrons. The number of benzene rings is 3. The second-order valence-corrected chi connectivity index (χ2v) is 4.94. The second kappa shape index (κ2) is 5.54. The minimum atomic E-state index is -0.564. The molecule has 3 aromatic carbocycles. The molecule has 3 aromatic rings. The van der Waals surface area contributed by atoms with Crippen LogP contribution in [0.1, 0.15) is 17.2 Å². The minimum absolute atomic E-state index is 0.352. The van der Waals surface area contributed by atoms with Gasteiger partial charge < -0.3 is 10.5 Å². The Labute approximate surface area is 123 Å². The lowest BCUT2D eigenvalue weighted by atomic mass is 9.96. The van der Waals surface area contributed by atoms with Crippen molar-refractivity contribution in [1.29, 1.82) is 0 Å². The van der Waals surface area contributed by atoms with Crippen LogP contribution in [0.25, 0.3) is 10.8 Å². The van der Waals surface area contributed by atoms with Crippen molar-refractivity contribution in [2.75, 3.05) is 7.11 Å². The van der Waals surface area contributed by atoms with Crippen molar-refractivity contribution in [1.82, 2.24) is 0 Å². The number of ether oxygens (including phenoxy) is 1. The minimum Gasteiger partial charge on any atom is -0.496 e. The number of fused-ring (bicyclic) bond motifs is 1. The highest BCUT2D eigenvalue weighted by atomic mass is 19.1. The van der Waals surface area contributed by atoms with Gasteiger partial charge in [-0.25, -0.2) is 4.39 Å². The van der Waals surface area contributed by atoms with E-state index in [1.807, 2.05) is 42.5 Å². The monoisotopic (exact) mass is 281 g/mol. The van der Waals surface area contributed by atoms with E-state index >= 15 is 0 Å². The smallest absolute Gasteiger partial charge is 0.132 e. The van der Waals surface area contributed by atoms with Crippen molar-refractivity contribution in [2.24, 2.45) is 5.73 Å². The third-order valence-corrected chi connectivity index (χ3v) is 3.68. The molecule has 0 fully saturated rings. The third kappa shape index (κ3) is 2.48. The van der Waals surface area contributed by atoms with Gasteiger partial charge in [-0.05, 0) is 34.5 Å². The van der Waals surface area contributed by atoms with Crippen LogP contribution in [0.4, 0.5) is 4.39 Å². The Bertz CT molecular complexity index is 785. The van der Waals surface area contributed by atoms with Crippen LogP contribution >= 0.6 is 0 Å². The second-order valence-electron chi connectivity index (χ2n) is 4.94. The lowest BCUT2D eigenvalue weighted by Crippen LogP contribution is -2.15. The van der Waals surface area contributed by atoms with Gasteiger partial charge in [0.15, 0.2) is 0 Å². The first-order chi connectivity index (χ1) is 10.2. The topological polar surface area (TPSA) is 35.2 Å². The Morgan fingerprint density at radius 1 is 0.952 bits per heavy atom. The van der Waals surface area contributed by atoms with E-state index in [4.69, 9.17) is 10.5 Å². The first-order valence-electron chi connectivity index (χ1n) is 6.77. The number of hydrogen-bond donors (Lipinski definition) is 1. The molecule has 2 N–H and O–H groups in total. The van der Waals surface area contributed by atoms with E-state index in [0.29, 0.717) is 11.3 Å². The number of hydrogen-bond acceptors (Lipinski definition) is 2. The SMILES string of the molecule is COc1cccc(F)c1C(N)c1ccc2ccccc2c1. The molecule has 0 aromatic heterocycles. The molecule has 0 aliphatic carbocycles. The highest BCUT2D eigenvalue weighted by Gasteiger charge is 2.18. The van der Waals surface area contributed by atoms with E-state index in [2.05, 4.69) is 0 Å². The molecule has 0 saturated heterocycles. The summed E-state index contributed by atoms with van der Waals surface area (Å²) in [6.07, 6.45) is 0. The van der Waals surface area contributed by atoms with Crippen molar-refractivity contribution in [3.63, 3.8) is 0 Å². The zero-order valence-electron chi connectivity index (χ0n) is 11.7. The Hall–Kier alpha value is -2.39. The van der Waals surface area contributed by atoms with Gasteiger partial charge in [0.05, 0.1) is 18.7 Å². The molecule has 1 atom stereocenters. The summed E-state index contributed by atoms with van der Waals surface area (Å²) in [4.78, 5) is 0. The van der Waals surface area contributed by atoms with E-state index in [1.165, 1.54) is 13.2 Å². The summed E-state index contributed by atoms with van der Waals surface area (Å²) in [5, 5.41) is 2.22. The Balaban J connectivity index is 2.10. The van der Waals surface area contributed by atoms with E-state index in [9.17, 15) is 4.39 Å². The Kier molecular flexibility index (Phi) is 3.59. The van der Waals surface area contributed by atoms with Crippen molar-refractivity contribution < 1.29 is 9.13 Å². The predicted molar refractivity (Wildman–Crippen MR) is 82.9 cm³/mol. The van der Waals surface area contributed by atoms with Crippen molar-refractivity contribution in [3.8, 4) is 5.75 Å². The predicted octanol–water partition coefficient (Wildman–Crippen LogP) is 4.04. The Morgan fingerprint density at radius 2 is 1.71 bits per heavy atom. The lowest BCUT2D eigenvalue weighted by molar-refractivity contribution is 0.402. The molecular formula is C18H16FNO. The maximum atomic E-state index is 14.1. The van der Waals surface area contributed by atoms with Crippen LogP contribution in [0.15, 0.2) is 60.7 Å². The average molecular weight is 281 g/mol. The maximum absolute atomic E-state index is 14.1. The molecule has 0 spiro atoms. The van der Waals surface area contributed by atoms with Crippen LogP contribution in [-0.4, -0.2) is 7.11 Å². The highest BCUT2D eigenvalue weighted by molar-refractivity contribution is 5.83. The number of methoxy groups -OCH3 is 1. The number of rotatable bonds is 3. The molecule has 0 heterocycles. The van der Waals surface area contributed by atoms with Gasteiger partial charge >= 0.3 is 0 Å². The molecule has 3 rings (SSSR count). The average Bonchev–Trinajstić information content (AvgIpc) is 2.53. The normalized spacial score (nSPS) is 12.3. The maximum Gasteiger partial charge on any atom is 0.132 e. The molecule has 2 nitrogen and oxygen atoms in total. The van der Waals surface area contributed by atoms with Gasteiger partial charge in [0, 0.05) is 0 Å². The summed E-state index contributed by atoms with van der Waals surface area (Å²) in [7, 11) is 1.52. The molecular weight excluding hydrogens is 265 g/mol. The van der Waals surface area contributed by atoms with Crippen molar-refractivity contribution >= 4 is 10.8 Å². The van der Waals surface area contributed by atoms with Gasteiger partial charge in [0.2, 0.25) is 0 Å². The van der Waals surface area contributed by atoms with Crippen molar-refractivity contribution in [3.05, 3.63) is 77.6 Å². The fraction of sp³-hybridized carbons (Fsp3) is 0.111. The van der Waals surface area contributed by atoms with Crippen LogP contribution in [0.5, 0.6) is 5.75 Å². The summed E-state index contributed by atoms with van der Waals surface area (Å²) in [6, 6.07) is 18.1. The van der Waals surface area contributed by atoms with Gasteiger partial charge in [0.25, 0.3) is 0 Å². The van der Waals surface area contributed by atoms with Crippen LogP contribution in [-0.2, 0) is 0 Å². The molecule has 0 aliphatic heterocycles. The van der Waals surface area contributed by atoms with Crippen LogP contribution in [0.3, 0.4) is 0 Å². The standard InChI is InChI=1S/C18H16FNO/c1-21-16-8-4-7-15(19)17(16)18(20)14-10-9-12-5-2-3-6-13(12)11-14/h2-11,18H,20H2,1H3. The first kappa shape index (κ1) is 13.6. The van der Waals surface area contributed by atoms with E-state index in [0.717, 1.165) is 16.3 Å².